The van der Waals surface area contributed by atoms with Crippen molar-refractivity contribution in [2.75, 3.05) is 7.11 Å². The molecule has 0 unspecified atom stereocenters. The number of aldehydes is 1. The first-order valence-electron chi connectivity index (χ1n) is 6.88. The molecule has 0 aliphatic rings. The smallest absolute Gasteiger partial charge is 0.163 e. The number of nitriles is 1. The van der Waals surface area contributed by atoms with E-state index >= 15 is 0 Å². The Labute approximate surface area is 131 Å². The van der Waals surface area contributed by atoms with Gasteiger partial charge in [-0.25, -0.2) is 4.68 Å². The second-order valence-electron chi connectivity index (χ2n) is 5.72. The van der Waals surface area contributed by atoms with Crippen LogP contribution in [0.2, 0.25) is 0 Å². The molecule has 0 spiro atoms. The van der Waals surface area contributed by atoms with Crippen LogP contribution in [0.5, 0.6) is 0 Å². The predicted octanol–water partition coefficient (Wildman–Crippen LogP) is 3.30. The average Bonchev–Trinajstić information content (AvgIpc) is 2.88. The maximum atomic E-state index is 10.5. The lowest BCUT2D eigenvalue weighted by Crippen LogP contribution is -2.15. The van der Waals surface area contributed by atoms with Crippen LogP contribution in [0.4, 0.5) is 0 Å². The summed E-state index contributed by atoms with van der Waals surface area (Å²) in [6, 6.07) is 10.7. The minimum absolute atomic E-state index is 0.0417. The molecule has 1 aromatic carbocycles. The van der Waals surface area contributed by atoms with Gasteiger partial charge in [0.2, 0.25) is 0 Å². The van der Waals surface area contributed by atoms with E-state index in [1.807, 2.05) is 33.8 Å². The summed E-state index contributed by atoms with van der Waals surface area (Å²) in [6.45, 7) is 7.94. The van der Waals surface area contributed by atoms with Crippen molar-refractivity contribution in [3.8, 4) is 11.8 Å². The summed E-state index contributed by atoms with van der Waals surface area (Å²) < 4.78 is 6.61. The van der Waals surface area contributed by atoms with Crippen molar-refractivity contribution in [1.29, 1.82) is 5.26 Å². The molecule has 0 bridgehead atoms. The fraction of sp³-hybridized carbons (Fsp3) is 0.353. The third-order valence-corrected chi connectivity index (χ3v) is 2.89. The van der Waals surface area contributed by atoms with Gasteiger partial charge < -0.3 is 4.74 Å². The first-order chi connectivity index (χ1) is 10.3. The molecule has 116 valence electrons. The summed E-state index contributed by atoms with van der Waals surface area (Å²) in [5.41, 5.74) is 2.77. The van der Waals surface area contributed by atoms with Crippen molar-refractivity contribution in [2.24, 2.45) is 0 Å². The highest BCUT2D eigenvalue weighted by Gasteiger charge is 2.05. The van der Waals surface area contributed by atoms with E-state index in [0.717, 1.165) is 17.7 Å². The van der Waals surface area contributed by atoms with Gasteiger partial charge in [0.15, 0.2) is 5.69 Å². The molecule has 0 N–H and O–H groups in total. The van der Waals surface area contributed by atoms with Crippen molar-refractivity contribution in [2.45, 2.75) is 33.3 Å². The summed E-state index contributed by atoms with van der Waals surface area (Å²) in [5.74, 6) is 0. The van der Waals surface area contributed by atoms with Gasteiger partial charge in [0.25, 0.3) is 0 Å². The molecule has 0 amide bonds. The predicted molar refractivity (Wildman–Crippen MR) is 85.2 cm³/mol. The third kappa shape index (κ3) is 5.15. The lowest BCUT2D eigenvalue weighted by Gasteiger charge is -2.14. The number of ether oxygens (including phenoxy) is 1. The Bertz CT molecular complexity index is 659. The van der Waals surface area contributed by atoms with Gasteiger partial charge >= 0.3 is 0 Å². The van der Waals surface area contributed by atoms with E-state index in [0.29, 0.717) is 11.3 Å². The fourth-order valence-corrected chi connectivity index (χ4v) is 1.48. The lowest BCUT2D eigenvalue weighted by molar-refractivity contribution is 0.0397. The molecular formula is C17H21N3O2. The Morgan fingerprint density at radius 2 is 1.82 bits per heavy atom. The van der Waals surface area contributed by atoms with Crippen LogP contribution < -0.4 is 0 Å². The molecule has 0 fully saturated rings. The number of nitrogens with zero attached hydrogens (tertiary/aromatic N) is 3. The molecule has 22 heavy (non-hydrogen) atoms. The maximum Gasteiger partial charge on any atom is 0.163 e. The largest absolute Gasteiger partial charge is 0.379 e. The van der Waals surface area contributed by atoms with E-state index < -0.39 is 0 Å². The Hall–Kier alpha value is -2.45. The number of hydrogen-bond acceptors (Lipinski definition) is 4. The number of rotatable bonds is 2. The topological polar surface area (TPSA) is 67.9 Å². The van der Waals surface area contributed by atoms with Crippen molar-refractivity contribution in [1.82, 2.24) is 9.78 Å². The molecule has 2 aromatic rings. The van der Waals surface area contributed by atoms with Crippen LogP contribution in [0.15, 0.2) is 30.3 Å². The van der Waals surface area contributed by atoms with Crippen molar-refractivity contribution in [3.05, 3.63) is 47.3 Å². The van der Waals surface area contributed by atoms with E-state index in [4.69, 9.17) is 10.00 Å². The molecule has 0 atom stereocenters. The quantitative estimate of drug-likeness (QED) is 0.798. The highest BCUT2D eigenvalue weighted by molar-refractivity contribution is 5.75. The molecule has 5 heteroatoms. The molecule has 0 aliphatic carbocycles. The molecule has 1 aromatic heterocycles. The minimum atomic E-state index is 0.0417. The first-order valence-corrected chi connectivity index (χ1v) is 6.88. The highest BCUT2D eigenvalue weighted by atomic mass is 16.5. The standard InChI is InChI=1S/C12H9N3O.C5H12O/c1-9-6-11(7-13)14-15(9)12-4-2-10(8-16)3-5-12;1-5(2,3)6-4/h2-6,8H,1H3;1-4H3. The lowest BCUT2D eigenvalue weighted by atomic mass is 10.2. The molecule has 0 saturated carbocycles. The Kier molecular flexibility index (Phi) is 6.02. The third-order valence-electron chi connectivity index (χ3n) is 2.89. The number of benzene rings is 1. The van der Waals surface area contributed by atoms with Gasteiger partial charge in [-0.3, -0.25) is 4.79 Å². The molecular weight excluding hydrogens is 278 g/mol. The summed E-state index contributed by atoms with van der Waals surface area (Å²) in [6.07, 6.45) is 0.792. The van der Waals surface area contributed by atoms with Gasteiger partial charge in [0, 0.05) is 18.4 Å². The number of aromatic nitrogens is 2. The Balaban J connectivity index is 0.000000346. The SMILES string of the molecule is COC(C)(C)C.Cc1cc(C#N)nn1-c1ccc(C=O)cc1. The Morgan fingerprint density at radius 1 is 1.27 bits per heavy atom. The normalized spacial score (nSPS) is 10.4. The van der Waals surface area contributed by atoms with Crippen LogP contribution in [0.1, 0.15) is 42.5 Å². The summed E-state index contributed by atoms with van der Waals surface area (Å²) in [4.78, 5) is 10.5. The van der Waals surface area contributed by atoms with Gasteiger partial charge in [-0.15, -0.1) is 0 Å². The van der Waals surface area contributed by atoms with Gasteiger partial charge in [-0.1, -0.05) is 0 Å². The molecule has 5 nitrogen and oxygen atoms in total. The van der Waals surface area contributed by atoms with Crippen LogP contribution in [0.25, 0.3) is 5.69 Å². The Morgan fingerprint density at radius 3 is 2.18 bits per heavy atom. The van der Waals surface area contributed by atoms with Crippen LogP contribution in [-0.2, 0) is 4.74 Å². The minimum Gasteiger partial charge on any atom is -0.379 e. The molecule has 0 radical (unpaired) electrons. The molecule has 0 aliphatic heterocycles. The number of methoxy groups -OCH3 is 1. The van der Waals surface area contributed by atoms with Crippen LogP contribution in [-0.4, -0.2) is 28.8 Å². The number of carbonyl (C=O) groups excluding carboxylic acids is 1. The highest BCUT2D eigenvalue weighted by Crippen LogP contribution is 2.12. The molecule has 1 heterocycles. The van der Waals surface area contributed by atoms with Gasteiger partial charge in [-0.2, -0.15) is 10.4 Å². The van der Waals surface area contributed by atoms with Gasteiger partial charge in [0.05, 0.1) is 11.3 Å². The second-order valence-corrected chi connectivity index (χ2v) is 5.72. The first kappa shape index (κ1) is 17.6. The van der Waals surface area contributed by atoms with Crippen molar-refractivity contribution in [3.63, 3.8) is 0 Å². The van der Waals surface area contributed by atoms with Crippen LogP contribution in [0.3, 0.4) is 0 Å². The van der Waals surface area contributed by atoms with Gasteiger partial charge in [0.1, 0.15) is 12.4 Å². The van der Waals surface area contributed by atoms with Crippen molar-refractivity contribution >= 4 is 6.29 Å². The van der Waals surface area contributed by atoms with Crippen LogP contribution >= 0.6 is 0 Å². The number of aryl methyl sites for hydroxylation is 1. The monoisotopic (exact) mass is 299 g/mol. The fourth-order valence-electron chi connectivity index (χ4n) is 1.48. The van der Waals surface area contributed by atoms with E-state index in [1.165, 1.54) is 0 Å². The second kappa shape index (κ2) is 7.53. The number of hydrogen-bond donors (Lipinski definition) is 0. The molecule has 2 rings (SSSR count). The van der Waals surface area contributed by atoms with E-state index in [1.54, 1.807) is 42.1 Å². The van der Waals surface area contributed by atoms with Gasteiger partial charge in [-0.05, 0) is 58.0 Å². The zero-order valence-corrected chi connectivity index (χ0v) is 13.6. The van der Waals surface area contributed by atoms with Crippen LogP contribution in [0, 0.1) is 18.3 Å². The van der Waals surface area contributed by atoms with E-state index in [-0.39, 0.29) is 5.60 Å². The summed E-state index contributed by atoms with van der Waals surface area (Å²) in [7, 11) is 1.71. The van der Waals surface area contributed by atoms with E-state index in [9.17, 15) is 4.79 Å². The zero-order valence-electron chi connectivity index (χ0n) is 13.6. The summed E-state index contributed by atoms with van der Waals surface area (Å²) in [5, 5.41) is 12.9. The maximum absolute atomic E-state index is 10.5. The van der Waals surface area contributed by atoms with Crippen molar-refractivity contribution < 1.29 is 9.53 Å². The van der Waals surface area contributed by atoms with E-state index in [2.05, 4.69) is 5.10 Å². The number of carbonyl (C=O) groups is 1. The summed E-state index contributed by atoms with van der Waals surface area (Å²) >= 11 is 0. The molecule has 0 saturated heterocycles. The zero-order chi connectivity index (χ0) is 16.8. The average molecular weight is 299 g/mol.